The first-order chi connectivity index (χ1) is 8.72. The van der Waals surface area contributed by atoms with E-state index in [0.29, 0.717) is 31.8 Å². The van der Waals surface area contributed by atoms with Gasteiger partial charge in [0.15, 0.2) is 0 Å². The van der Waals surface area contributed by atoms with E-state index in [4.69, 9.17) is 10.2 Å². The summed E-state index contributed by atoms with van der Waals surface area (Å²) in [5.74, 6) is -2.44. The molecule has 1 saturated heterocycles. The third-order valence-electron chi connectivity index (χ3n) is 3.05. The lowest BCUT2D eigenvalue weighted by Gasteiger charge is -2.30. The van der Waals surface area contributed by atoms with Crippen LogP contribution in [0.25, 0.3) is 0 Å². The number of carboxylic acid groups (broad SMARTS) is 2. The molecule has 0 aromatic heterocycles. The zero-order valence-corrected chi connectivity index (χ0v) is 11.4. The summed E-state index contributed by atoms with van der Waals surface area (Å²) >= 11 is 0. The predicted octanol–water partition coefficient (Wildman–Crippen LogP) is -0.519. The van der Waals surface area contributed by atoms with Crippen molar-refractivity contribution >= 4 is 22.1 Å². The number of nitrogens with one attached hydrogen (secondary N) is 1. The van der Waals surface area contributed by atoms with Crippen LogP contribution in [0.4, 0.5) is 0 Å². The number of aliphatic carboxylic acids is 2. The Balaban J connectivity index is 2.71. The molecule has 0 radical (unpaired) electrons. The summed E-state index contributed by atoms with van der Waals surface area (Å²) in [6.07, 6.45) is 0.619. The first kappa shape index (κ1) is 15.9. The van der Waals surface area contributed by atoms with Crippen LogP contribution in [0.1, 0.15) is 26.2 Å². The summed E-state index contributed by atoms with van der Waals surface area (Å²) in [5.41, 5.74) is 0. The van der Waals surface area contributed by atoms with E-state index in [-0.39, 0.29) is 0 Å². The summed E-state index contributed by atoms with van der Waals surface area (Å²) in [6.45, 7) is 2.65. The molecule has 1 aliphatic rings. The Kier molecular flexibility index (Phi) is 5.27. The number of carboxylic acids is 2. The Morgan fingerprint density at radius 2 is 1.84 bits per heavy atom. The molecule has 0 unspecified atom stereocenters. The second-order valence-corrected chi connectivity index (χ2v) is 6.40. The lowest BCUT2D eigenvalue weighted by molar-refractivity contribution is -0.145. The topological polar surface area (TPSA) is 124 Å². The summed E-state index contributed by atoms with van der Waals surface area (Å²) in [6, 6.07) is -1.65. The van der Waals surface area contributed by atoms with Crippen molar-refractivity contribution in [3.8, 4) is 0 Å². The Hall–Kier alpha value is -1.19. The van der Waals surface area contributed by atoms with Crippen molar-refractivity contribution in [1.29, 1.82) is 0 Å². The maximum Gasteiger partial charge on any atom is 0.322 e. The van der Waals surface area contributed by atoms with Gasteiger partial charge in [0.2, 0.25) is 0 Å². The van der Waals surface area contributed by atoms with Gasteiger partial charge in [-0.2, -0.15) is 17.4 Å². The molecular weight excluding hydrogens is 276 g/mol. The molecule has 1 rings (SSSR count). The Labute approximate surface area is 111 Å². The number of nitrogens with zero attached hydrogens (tertiary/aromatic N) is 1. The molecule has 0 aromatic rings. The van der Waals surface area contributed by atoms with E-state index in [9.17, 15) is 18.0 Å². The van der Waals surface area contributed by atoms with Gasteiger partial charge in [-0.1, -0.05) is 6.92 Å². The van der Waals surface area contributed by atoms with Crippen molar-refractivity contribution in [2.75, 3.05) is 13.1 Å². The van der Waals surface area contributed by atoms with Crippen LogP contribution in [0.2, 0.25) is 0 Å². The minimum atomic E-state index is -3.96. The summed E-state index contributed by atoms with van der Waals surface area (Å²) in [5, 5.41) is 17.4. The highest BCUT2D eigenvalue weighted by atomic mass is 32.2. The fraction of sp³-hybridized carbons (Fsp3) is 0.800. The van der Waals surface area contributed by atoms with Gasteiger partial charge in [-0.3, -0.25) is 9.59 Å². The smallest absolute Gasteiger partial charge is 0.322 e. The monoisotopic (exact) mass is 294 g/mol. The third kappa shape index (κ3) is 4.77. The first-order valence-corrected chi connectivity index (χ1v) is 7.38. The average molecular weight is 294 g/mol. The number of carbonyl (C=O) groups is 2. The van der Waals surface area contributed by atoms with Crippen molar-refractivity contribution in [2.24, 2.45) is 5.92 Å². The number of hydrogen-bond donors (Lipinski definition) is 3. The molecular formula is C10H18N2O6S. The number of rotatable bonds is 6. The Morgan fingerprint density at radius 3 is 2.26 bits per heavy atom. The number of piperidine rings is 1. The van der Waals surface area contributed by atoms with Gasteiger partial charge in [0.05, 0.1) is 6.42 Å². The van der Waals surface area contributed by atoms with Crippen LogP contribution >= 0.6 is 0 Å². The molecule has 110 valence electrons. The molecule has 3 N–H and O–H groups in total. The molecule has 9 heteroatoms. The van der Waals surface area contributed by atoms with Crippen LogP contribution in [0.5, 0.6) is 0 Å². The van der Waals surface area contributed by atoms with Crippen LogP contribution < -0.4 is 4.72 Å². The summed E-state index contributed by atoms with van der Waals surface area (Å²) in [7, 11) is -3.96. The summed E-state index contributed by atoms with van der Waals surface area (Å²) in [4.78, 5) is 21.3. The van der Waals surface area contributed by atoms with E-state index >= 15 is 0 Å². The van der Waals surface area contributed by atoms with Gasteiger partial charge in [0, 0.05) is 13.1 Å². The van der Waals surface area contributed by atoms with E-state index < -0.39 is 34.6 Å². The highest BCUT2D eigenvalue weighted by molar-refractivity contribution is 7.87. The first-order valence-electron chi connectivity index (χ1n) is 5.94. The molecule has 0 aromatic carbocycles. The van der Waals surface area contributed by atoms with Crippen molar-refractivity contribution < 1.29 is 28.2 Å². The fourth-order valence-electron chi connectivity index (χ4n) is 1.83. The van der Waals surface area contributed by atoms with Crippen LogP contribution in [0.15, 0.2) is 0 Å². The quantitative estimate of drug-likeness (QED) is 0.605. The van der Waals surface area contributed by atoms with Crippen LogP contribution in [0.3, 0.4) is 0 Å². The van der Waals surface area contributed by atoms with Gasteiger partial charge in [-0.05, 0) is 18.8 Å². The zero-order chi connectivity index (χ0) is 14.6. The van der Waals surface area contributed by atoms with Gasteiger partial charge in [-0.25, -0.2) is 0 Å². The van der Waals surface area contributed by atoms with Crippen LogP contribution in [-0.4, -0.2) is 54.0 Å². The predicted molar refractivity (Wildman–Crippen MR) is 65.7 cm³/mol. The fourth-order valence-corrected chi connectivity index (χ4v) is 3.22. The van der Waals surface area contributed by atoms with Crippen molar-refractivity contribution in [2.45, 2.75) is 32.2 Å². The van der Waals surface area contributed by atoms with Crippen molar-refractivity contribution in [1.82, 2.24) is 9.03 Å². The minimum absolute atomic E-state index is 0.315. The standard InChI is InChI=1S/C10H18N2O6S/c1-7-2-4-12(5-3-7)19(17,18)11-8(10(15)16)6-9(13)14/h7-8,11H,2-6H2,1H3,(H,13,14)(H,15,16)/t8-/m0/s1. The molecule has 0 spiro atoms. The molecule has 19 heavy (non-hydrogen) atoms. The molecule has 1 heterocycles. The molecule has 0 saturated carbocycles. The molecule has 0 aliphatic carbocycles. The molecule has 1 fully saturated rings. The normalized spacial score (nSPS) is 20.1. The van der Waals surface area contributed by atoms with E-state index in [0.717, 1.165) is 4.31 Å². The van der Waals surface area contributed by atoms with Gasteiger partial charge in [-0.15, -0.1) is 0 Å². The molecule has 0 amide bonds. The Bertz CT molecular complexity index is 441. The largest absolute Gasteiger partial charge is 0.481 e. The maximum absolute atomic E-state index is 11.9. The molecule has 8 nitrogen and oxygen atoms in total. The number of hydrogen-bond acceptors (Lipinski definition) is 4. The maximum atomic E-state index is 11.9. The second-order valence-electron chi connectivity index (χ2n) is 4.69. The lowest BCUT2D eigenvalue weighted by Crippen LogP contribution is -2.50. The van der Waals surface area contributed by atoms with Gasteiger partial charge in [0.25, 0.3) is 10.2 Å². The van der Waals surface area contributed by atoms with E-state index in [1.807, 2.05) is 11.6 Å². The summed E-state index contributed by atoms with van der Waals surface area (Å²) < 4.78 is 27.0. The van der Waals surface area contributed by atoms with E-state index in [2.05, 4.69) is 0 Å². The minimum Gasteiger partial charge on any atom is -0.481 e. The molecule has 1 aliphatic heterocycles. The van der Waals surface area contributed by atoms with E-state index in [1.165, 1.54) is 0 Å². The van der Waals surface area contributed by atoms with Crippen molar-refractivity contribution in [3.63, 3.8) is 0 Å². The van der Waals surface area contributed by atoms with Gasteiger partial charge < -0.3 is 10.2 Å². The van der Waals surface area contributed by atoms with Gasteiger partial charge in [0.1, 0.15) is 6.04 Å². The van der Waals surface area contributed by atoms with Crippen LogP contribution in [0, 0.1) is 5.92 Å². The third-order valence-corrected chi connectivity index (χ3v) is 4.68. The van der Waals surface area contributed by atoms with E-state index in [1.54, 1.807) is 0 Å². The van der Waals surface area contributed by atoms with Crippen molar-refractivity contribution in [3.05, 3.63) is 0 Å². The molecule has 0 bridgehead atoms. The average Bonchev–Trinajstić information content (AvgIpc) is 2.27. The SMILES string of the molecule is CC1CCN(S(=O)(=O)N[C@@H](CC(=O)O)C(=O)O)CC1. The second kappa shape index (κ2) is 6.31. The lowest BCUT2D eigenvalue weighted by atomic mass is 10.0. The highest BCUT2D eigenvalue weighted by Crippen LogP contribution is 2.18. The Morgan fingerprint density at radius 1 is 1.32 bits per heavy atom. The highest BCUT2D eigenvalue weighted by Gasteiger charge is 2.32. The van der Waals surface area contributed by atoms with Crippen LogP contribution in [-0.2, 0) is 19.8 Å². The van der Waals surface area contributed by atoms with Gasteiger partial charge >= 0.3 is 11.9 Å². The zero-order valence-electron chi connectivity index (χ0n) is 10.6. The molecule has 1 atom stereocenters.